The van der Waals surface area contributed by atoms with Gasteiger partial charge in [0.1, 0.15) is 0 Å². The first-order valence-electron chi connectivity index (χ1n) is 3.82. The number of hydrogen-bond acceptors (Lipinski definition) is 2. The molecule has 0 N–H and O–H groups in total. The standard InChI is InChI=1S/C7H16ClO2P/c1-4-11(8,9)6-5-7(2)10-3/h7H,4-6H2,1-3H3. The van der Waals surface area contributed by atoms with E-state index in [0.29, 0.717) is 12.3 Å². The Morgan fingerprint density at radius 1 is 1.64 bits per heavy atom. The summed E-state index contributed by atoms with van der Waals surface area (Å²) in [4.78, 5) is 0. The highest BCUT2D eigenvalue weighted by atomic mass is 35.7. The first-order valence-corrected chi connectivity index (χ1v) is 6.80. The molecule has 0 saturated carbocycles. The Kier molecular flexibility index (Phi) is 5.41. The van der Waals surface area contributed by atoms with Crippen LogP contribution in [0.4, 0.5) is 0 Å². The van der Waals surface area contributed by atoms with Crippen LogP contribution in [0.15, 0.2) is 0 Å². The molecule has 0 fully saturated rings. The van der Waals surface area contributed by atoms with Gasteiger partial charge in [0.25, 0.3) is 0 Å². The Balaban J connectivity index is 3.61. The second-order valence-corrected chi connectivity index (χ2v) is 7.17. The third-order valence-electron chi connectivity index (χ3n) is 1.74. The summed E-state index contributed by atoms with van der Waals surface area (Å²) in [7, 11) is 1.65. The van der Waals surface area contributed by atoms with Crippen LogP contribution in [0.3, 0.4) is 0 Å². The summed E-state index contributed by atoms with van der Waals surface area (Å²) in [6.07, 6.45) is 2.10. The normalized spacial score (nSPS) is 19.3. The number of methoxy groups -OCH3 is 1. The van der Waals surface area contributed by atoms with Crippen LogP contribution >= 0.6 is 17.7 Å². The van der Waals surface area contributed by atoms with E-state index in [1.54, 1.807) is 7.11 Å². The Bertz CT molecular complexity index is 149. The molecule has 0 rings (SSSR count). The van der Waals surface area contributed by atoms with E-state index in [4.69, 9.17) is 16.0 Å². The summed E-state index contributed by atoms with van der Waals surface area (Å²) in [6.45, 7) is 1.46. The van der Waals surface area contributed by atoms with E-state index >= 15 is 0 Å². The van der Waals surface area contributed by atoms with Crippen molar-refractivity contribution < 1.29 is 9.30 Å². The van der Waals surface area contributed by atoms with E-state index in [-0.39, 0.29) is 6.10 Å². The van der Waals surface area contributed by atoms with Crippen LogP contribution in [0.1, 0.15) is 20.3 Å². The zero-order chi connectivity index (χ0) is 8.91. The lowest BCUT2D eigenvalue weighted by molar-refractivity contribution is 0.116. The molecule has 0 aliphatic heterocycles. The third-order valence-corrected chi connectivity index (χ3v) is 4.84. The fourth-order valence-corrected chi connectivity index (χ4v) is 2.01. The molecule has 0 amide bonds. The highest BCUT2D eigenvalue weighted by molar-refractivity contribution is 7.89. The van der Waals surface area contributed by atoms with Crippen LogP contribution < -0.4 is 0 Å². The zero-order valence-electron chi connectivity index (χ0n) is 7.34. The molecular weight excluding hydrogens is 183 g/mol. The fraction of sp³-hybridized carbons (Fsp3) is 1.00. The van der Waals surface area contributed by atoms with Gasteiger partial charge in [-0.25, -0.2) is 0 Å². The van der Waals surface area contributed by atoms with Crippen molar-refractivity contribution in [1.29, 1.82) is 0 Å². The largest absolute Gasteiger partial charge is 0.382 e. The van der Waals surface area contributed by atoms with Crippen LogP contribution in [0.25, 0.3) is 0 Å². The Morgan fingerprint density at radius 3 is 2.55 bits per heavy atom. The summed E-state index contributed by atoms with van der Waals surface area (Å²) in [5, 5.41) is 0. The quantitative estimate of drug-likeness (QED) is 0.635. The van der Waals surface area contributed by atoms with E-state index in [2.05, 4.69) is 0 Å². The van der Waals surface area contributed by atoms with Crippen LogP contribution in [-0.2, 0) is 9.30 Å². The van der Waals surface area contributed by atoms with Gasteiger partial charge < -0.3 is 9.30 Å². The van der Waals surface area contributed by atoms with Crippen molar-refractivity contribution >= 4 is 17.7 Å². The summed E-state index contributed by atoms with van der Waals surface area (Å²) in [6, 6.07) is 0. The Hall–Kier alpha value is 0.480. The minimum atomic E-state index is -2.35. The molecule has 0 spiro atoms. The second kappa shape index (κ2) is 5.18. The number of halogens is 1. The Labute approximate surface area is 73.4 Å². The van der Waals surface area contributed by atoms with Crippen molar-refractivity contribution in [1.82, 2.24) is 0 Å². The van der Waals surface area contributed by atoms with Crippen LogP contribution in [0, 0.1) is 0 Å². The second-order valence-electron chi connectivity index (χ2n) is 2.66. The lowest BCUT2D eigenvalue weighted by Gasteiger charge is -2.11. The van der Waals surface area contributed by atoms with Gasteiger partial charge in [-0.05, 0) is 13.3 Å². The van der Waals surface area contributed by atoms with E-state index in [0.717, 1.165) is 6.42 Å². The average Bonchev–Trinajstić information content (AvgIpc) is 2.00. The molecule has 0 aromatic rings. The molecule has 0 aliphatic carbocycles. The molecule has 0 bridgehead atoms. The van der Waals surface area contributed by atoms with Gasteiger partial charge in [-0.1, -0.05) is 18.2 Å². The molecule has 0 aromatic heterocycles. The molecule has 2 nitrogen and oxygen atoms in total. The number of rotatable bonds is 5. The summed E-state index contributed by atoms with van der Waals surface area (Å²) in [5.74, 6) is 0. The van der Waals surface area contributed by atoms with Crippen molar-refractivity contribution in [3.8, 4) is 0 Å². The molecule has 4 heteroatoms. The lowest BCUT2D eigenvalue weighted by atomic mass is 10.3. The summed E-state index contributed by atoms with van der Waals surface area (Å²) >= 11 is 5.72. The van der Waals surface area contributed by atoms with Crippen molar-refractivity contribution in [3.05, 3.63) is 0 Å². The predicted molar refractivity (Wildman–Crippen MR) is 50.0 cm³/mol. The van der Waals surface area contributed by atoms with E-state index in [1.807, 2.05) is 13.8 Å². The van der Waals surface area contributed by atoms with Gasteiger partial charge in [0.15, 0.2) is 6.49 Å². The van der Waals surface area contributed by atoms with Gasteiger partial charge in [0, 0.05) is 19.4 Å². The smallest absolute Gasteiger partial charge is 0.169 e. The van der Waals surface area contributed by atoms with Gasteiger partial charge in [-0.15, -0.1) is 0 Å². The maximum Gasteiger partial charge on any atom is 0.169 e. The van der Waals surface area contributed by atoms with Crippen molar-refractivity contribution in [2.24, 2.45) is 0 Å². The molecule has 68 valence electrons. The highest BCUT2D eigenvalue weighted by Crippen LogP contribution is 2.51. The van der Waals surface area contributed by atoms with E-state index < -0.39 is 6.49 Å². The molecule has 2 atom stereocenters. The first-order chi connectivity index (χ1) is 5.02. The van der Waals surface area contributed by atoms with Gasteiger partial charge >= 0.3 is 0 Å². The fourth-order valence-electron chi connectivity index (χ4n) is 0.651. The van der Waals surface area contributed by atoms with E-state index in [1.165, 1.54) is 0 Å². The highest BCUT2D eigenvalue weighted by Gasteiger charge is 2.16. The van der Waals surface area contributed by atoms with Crippen LogP contribution in [0.2, 0.25) is 0 Å². The van der Waals surface area contributed by atoms with Gasteiger partial charge in [0.05, 0.1) is 6.10 Å². The lowest BCUT2D eigenvalue weighted by Crippen LogP contribution is -2.06. The maximum absolute atomic E-state index is 11.3. The third kappa shape index (κ3) is 5.72. The topological polar surface area (TPSA) is 26.3 Å². The van der Waals surface area contributed by atoms with Crippen molar-refractivity contribution in [2.45, 2.75) is 26.4 Å². The van der Waals surface area contributed by atoms with Crippen molar-refractivity contribution in [2.75, 3.05) is 19.4 Å². The Morgan fingerprint density at radius 2 is 2.18 bits per heavy atom. The van der Waals surface area contributed by atoms with E-state index in [9.17, 15) is 4.57 Å². The molecule has 0 saturated heterocycles. The van der Waals surface area contributed by atoms with Gasteiger partial charge in [-0.3, -0.25) is 0 Å². The molecule has 0 heterocycles. The molecular formula is C7H16ClO2P. The summed E-state index contributed by atoms with van der Waals surface area (Å²) in [5.41, 5.74) is 0. The monoisotopic (exact) mass is 198 g/mol. The molecule has 11 heavy (non-hydrogen) atoms. The van der Waals surface area contributed by atoms with Gasteiger partial charge in [-0.2, -0.15) is 0 Å². The minimum Gasteiger partial charge on any atom is -0.382 e. The molecule has 0 radical (unpaired) electrons. The minimum absolute atomic E-state index is 0.161. The molecule has 0 aliphatic rings. The van der Waals surface area contributed by atoms with Crippen LogP contribution in [0.5, 0.6) is 0 Å². The summed E-state index contributed by atoms with van der Waals surface area (Å²) < 4.78 is 16.3. The molecule has 0 aromatic carbocycles. The first kappa shape index (κ1) is 11.5. The maximum atomic E-state index is 11.3. The van der Waals surface area contributed by atoms with Crippen LogP contribution in [-0.4, -0.2) is 25.5 Å². The average molecular weight is 199 g/mol. The van der Waals surface area contributed by atoms with Gasteiger partial charge in [0.2, 0.25) is 0 Å². The SMILES string of the molecule is CCP(=O)(Cl)CCC(C)OC. The van der Waals surface area contributed by atoms with Crippen molar-refractivity contribution in [3.63, 3.8) is 0 Å². The number of ether oxygens (including phenoxy) is 1. The molecule has 2 unspecified atom stereocenters. The number of hydrogen-bond donors (Lipinski definition) is 0. The zero-order valence-corrected chi connectivity index (χ0v) is 8.99. The predicted octanol–water partition coefficient (Wildman–Crippen LogP) is 2.95.